The zero-order valence-electron chi connectivity index (χ0n) is 16.9. The van der Waals surface area contributed by atoms with Crippen molar-refractivity contribution in [2.45, 2.75) is 43.8 Å². The summed E-state index contributed by atoms with van der Waals surface area (Å²) in [6.45, 7) is 0. The van der Waals surface area contributed by atoms with Gasteiger partial charge in [0, 0.05) is 23.1 Å². The van der Waals surface area contributed by atoms with Crippen LogP contribution in [0.15, 0.2) is 42.5 Å². The molecule has 3 N–H and O–H groups in total. The first-order valence-corrected chi connectivity index (χ1v) is 13.0. The number of rotatable bonds is 9. The lowest BCUT2D eigenvalue weighted by Gasteiger charge is -2.13. The molecular weight excluding hydrogens is 477 g/mol. The number of carbonyl (C=O) groups is 2. The van der Waals surface area contributed by atoms with Gasteiger partial charge in [0.1, 0.15) is 0 Å². The molecule has 1 heterocycles. The van der Waals surface area contributed by atoms with E-state index < -0.39 is 11.9 Å². The highest BCUT2D eigenvalue weighted by Gasteiger charge is 2.15. The van der Waals surface area contributed by atoms with Gasteiger partial charge < -0.3 is 15.5 Å². The van der Waals surface area contributed by atoms with Crippen molar-refractivity contribution in [2.75, 3.05) is 11.1 Å². The maximum atomic E-state index is 10.8. The van der Waals surface area contributed by atoms with Crippen LogP contribution in [0.5, 0.6) is 0 Å². The fourth-order valence-corrected chi connectivity index (χ4v) is 6.44. The molecule has 1 saturated heterocycles. The van der Waals surface area contributed by atoms with Gasteiger partial charge in [0.2, 0.25) is 0 Å². The molecule has 1 aliphatic rings. The summed E-state index contributed by atoms with van der Waals surface area (Å²) >= 11 is 12.1. The molecule has 1 fully saturated rings. The molecule has 168 valence electrons. The monoisotopic (exact) mass is 501 g/mol. The van der Waals surface area contributed by atoms with Crippen LogP contribution in [-0.2, 0) is 16.0 Å². The van der Waals surface area contributed by atoms with E-state index in [1.165, 1.54) is 18.6 Å². The van der Waals surface area contributed by atoms with Crippen LogP contribution in [0.2, 0.25) is 10.0 Å². The zero-order chi connectivity index (χ0) is 22.6. The Kier molecular flexibility index (Phi) is 11.4. The topological polar surface area (TPSA) is 86.6 Å². The third-order valence-corrected chi connectivity index (χ3v) is 8.11. The lowest BCUT2D eigenvalue weighted by atomic mass is 10.1. The minimum absolute atomic E-state index is 0.0642. The van der Waals surface area contributed by atoms with Gasteiger partial charge in [-0.25, -0.2) is 0 Å². The van der Waals surface area contributed by atoms with Crippen LogP contribution < -0.4 is 5.32 Å². The number of hydrogen-bond acceptors (Lipinski definition) is 5. The quantitative estimate of drug-likeness (QED) is 0.248. The van der Waals surface area contributed by atoms with Gasteiger partial charge in [-0.2, -0.15) is 0 Å². The number of unbranched alkanes of at least 4 members (excludes halogenated alkanes) is 1. The highest BCUT2D eigenvalue weighted by Crippen LogP contribution is 2.39. The van der Waals surface area contributed by atoms with Crippen molar-refractivity contribution in [2.24, 2.45) is 0 Å². The molecule has 0 radical (unpaired) electrons. The maximum Gasteiger partial charge on any atom is 0.307 e. The molecule has 2 aromatic rings. The van der Waals surface area contributed by atoms with Gasteiger partial charge in [-0.3, -0.25) is 9.59 Å². The van der Waals surface area contributed by atoms with Crippen molar-refractivity contribution in [3.05, 3.63) is 58.1 Å². The molecule has 0 bridgehead atoms. The Morgan fingerprint density at radius 3 is 2.32 bits per heavy atom. The van der Waals surface area contributed by atoms with Crippen molar-refractivity contribution < 1.29 is 19.8 Å². The van der Waals surface area contributed by atoms with E-state index in [4.69, 9.17) is 33.4 Å². The molecule has 1 aliphatic heterocycles. The largest absolute Gasteiger partial charge is 0.481 e. The molecule has 2 aromatic carbocycles. The van der Waals surface area contributed by atoms with Gasteiger partial charge in [-0.1, -0.05) is 75.5 Å². The maximum absolute atomic E-state index is 10.8. The molecule has 9 heteroatoms. The first kappa shape index (κ1) is 25.7. The fraction of sp³-hybridized carbons (Fsp3) is 0.364. The Morgan fingerprint density at radius 1 is 1.00 bits per heavy atom. The number of nitrogens with one attached hydrogen (secondary N) is 1. The molecule has 0 amide bonds. The van der Waals surface area contributed by atoms with Crippen molar-refractivity contribution >= 4 is 68.1 Å². The lowest BCUT2D eigenvalue weighted by molar-refractivity contribution is -0.137. The summed E-state index contributed by atoms with van der Waals surface area (Å²) in [5.41, 5.74) is 1.93. The summed E-state index contributed by atoms with van der Waals surface area (Å²) in [5.74, 6) is -0.281. The van der Waals surface area contributed by atoms with Gasteiger partial charge in [0.05, 0.1) is 22.2 Å². The molecule has 31 heavy (non-hydrogen) atoms. The molecule has 0 saturated carbocycles. The molecule has 0 unspecified atom stereocenters. The summed E-state index contributed by atoms with van der Waals surface area (Å²) in [6.07, 6.45) is 4.70. The zero-order valence-corrected chi connectivity index (χ0v) is 20.0. The number of aliphatic carboxylic acids is 2. The first-order chi connectivity index (χ1) is 14.9. The number of anilines is 2. The molecule has 0 aliphatic carbocycles. The normalized spacial score (nSPS) is 15.1. The summed E-state index contributed by atoms with van der Waals surface area (Å²) in [7, 11) is 3.92. The molecule has 5 nitrogen and oxygen atoms in total. The van der Waals surface area contributed by atoms with Crippen LogP contribution in [0.4, 0.5) is 11.4 Å². The van der Waals surface area contributed by atoms with Crippen molar-refractivity contribution in [3.8, 4) is 0 Å². The second-order valence-corrected chi connectivity index (χ2v) is 10.5. The Bertz CT molecular complexity index is 856. The van der Waals surface area contributed by atoms with Gasteiger partial charge in [-0.15, -0.1) is 0 Å². The minimum Gasteiger partial charge on any atom is -0.481 e. The van der Waals surface area contributed by atoms with E-state index in [9.17, 15) is 9.59 Å². The highest BCUT2D eigenvalue weighted by molar-refractivity contribution is 8.77. The Balaban J connectivity index is 0.000000245. The van der Waals surface area contributed by atoms with Crippen LogP contribution in [0.1, 0.15) is 37.7 Å². The Morgan fingerprint density at radius 2 is 1.71 bits per heavy atom. The third-order valence-electron chi connectivity index (χ3n) is 4.48. The van der Waals surface area contributed by atoms with Crippen molar-refractivity contribution in [1.29, 1.82) is 0 Å². The second-order valence-electron chi connectivity index (χ2n) is 6.92. The molecule has 0 spiro atoms. The Labute approximate surface area is 200 Å². The summed E-state index contributed by atoms with van der Waals surface area (Å²) in [5, 5.41) is 22.1. The molecular formula is C22H25Cl2NO4S2. The van der Waals surface area contributed by atoms with Crippen LogP contribution in [-0.4, -0.2) is 33.2 Å². The van der Waals surface area contributed by atoms with E-state index in [1.54, 1.807) is 36.4 Å². The van der Waals surface area contributed by atoms with Crippen molar-refractivity contribution in [1.82, 2.24) is 0 Å². The number of halogens is 2. The van der Waals surface area contributed by atoms with E-state index in [0.29, 0.717) is 33.4 Å². The van der Waals surface area contributed by atoms with E-state index in [0.717, 1.165) is 18.1 Å². The fourth-order valence-electron chi connectivity index (χ4n) is 2.92. The number of para-hydroxylation sites is 2. The average molecular weight is 502 g/mol. The summed E-state index contributed by atoms with van der Waals surface area (Å²) in [6, 6.07) is 12.3. The first-order valence-electron chi connectivity index (χ1n) is 9.87. The molecule has 1 atom stereocenters. The summed E-state index contributed by atoms with van der Waals surface area (Å²) < 4.78 is 0. The SMILES string of the molecule is O=C(O)CCCC[C@@H]1CCSS1.O=C(O)Cc1ccccc1Nc1c(Cl)cccc1Cl. The van der Waals surface area contributed by atoms with Gasteiger partial charge in [0.25, 0.3) is 0 Å². The van der Waals surface area contributed by atoms with E-state index in [-0.39, 0.29) is 6.42 Å². The van der Waals surface area contributed by atoms with Gasteiger partial charge in [0.15, 0.2) is 0 Å². The highest BCUT2D eigenvalue weighted by atomic mass is 35.5. The van der Waals surface area contributed by atoms with Crippen LogP contribution in [0.25, 0.3) is 0 Å². The third kappa shape index (κ3) is 9.64. The number of benzene rings is 2. The number of hydrogen-bond donors (Lipinski definition) is 3. The van der Waals surface area contributed by atoms with Gasteiger partial charge in [-0.05, 0) is 43.0 Å². The van der Waals surface area contributed by atoms with Crippen LogP contribution in [0.3, 0.4) is 0 Å². The summed E-state index contributed by atoms with van der Waals surface area (Å²) in [4.78, 5) is 21.0. The van der Waals surface area contributed by atoms with Crippen LogP contribution >= 0.6 is 44.8 Å². The van der Waals surface area contributed by atoms with Crippen molar-refractivity contribution in [3.63, 3.8) is 0 Å². The predicted molar refractivity (Wildman–Crippen MR) is 132 cm³/mol. The van der Waals surface area contributed by atoms with E-state index in [2.05, 4.69) is 5.32 Å². The number of carboxylic acids is 2. The Hall–Kier alpha value is -1.54. The predicted octanol–water partition coefficient (Wildman–Crippen LogP) is 7.15. The van der Waals surface area contributed by atoms with Crippen LogP contribution in [0, 0.1) is 0 Å². The smallest absolute Gasteiger partial charge is 0.307 e. The minimum atomic E-state index is -0.889. The molecule has 0 aromatic heterocycles. The van der Waals surface area contributed by atoms with Gasteiger partial charge >= 0.3 is 11.9 Å². The lowest BCUT2D eigenvalue weighted by Crippen LogP contribution is -2.04. The second kappa shape index (κ2) is 13.8. The molecule has 3 rings (SSSR count). The van der Waals surface area contributed by atoms with E-state index >= 15 is 0 Å². The average Bonchev–Trinajstić information content (AvgIpc) is 3.23. The van der Waals surface area contributed by atoms with E-state index in [1.807, 2.05) is 27.7 Å². The standard InChI is InChI=1S/C14H11Cl2NO2.C8H14O2S2/c15-10-5-3-6-11(16)14(10)17-12-7-2-1-4-9(12)8-13(18)19;9-8(10)4-2-1-3-7-5-6-11-12-7/h1-7,17H,8H2,(H,18,19);7H,1-6H2,(H,9,10)/t;7-/m.1/s1. The number of carboxylic acid groups (broad SMARTS) is 2.